The fraction of sp³-hybridized carbons (Fsp3) is 0. The second-order valence-corrected chi connectivity index (χ2v) is 6.96. The van der Waals surface area contributed by atoms with Gasteiger partial charge in [0, 0.05) is 0 Å². The molecule has 25 heavy (non-hydrogen) atoms. The van der Waals surface area contributed by atoms with Crippen molar-refractivity contribution in [2.75, 3.05) is 5.73 Å². The number of hydrogen-bond donors (Lipinski definition) is 2. The molecule has 1 aromatic carbocycles. The molecule has 122 valence electrons. The summed E-state index contributed by atoms with van der Waals surface area (Å²) in [5, 5.41) is 2.58. The van der Waals surface area contributed by atoms with E-state index < -0.39 is 0 Å². The molecule has 3 aromatic rings. The van der Waals surface area contributed by atoms with Crippen molar-refractivity contribution in [3.8, 4) is 11.4 Å². The van der Waals surface area contributed by atoms with Crippen LogP contribution in [-0.4, -0.2) is 25.2 Å². The van der Waals surface area contributed by atoms with Crippen molar-refractivity contribution in [3.63, 3.8) is 0 Å². The Morgan fingerprint density at radius 1 is 1.04 bits per heavy atom. The van der Waals surface area contributed by atoms with E-state index in [1.165, 1.54) is 11.8 Å². The molecule has 0 atom stereocenters. The third kappa shape index (κ3) is 3.09. The zero-order valence-corrected chi connectivity index (χ0v) is 14.4. The van der Waals surface area contributed by atoms with Crippen LogP contribution in [0.25, 0.3) is 28.5 Å². The summed E-state index contributed by atoms with van der Waals surface area (Å²) in [5.41, 5.74) is 9.26. The number of nitrogen functional groups attached to an aromatic ring is 1. The van der Waals surface area contributed by atoms with E-state index in [1.54, 1.807) is 12.1 Å². The molecule has 1 aliphatic heterocycles. The van der Waals surface area contributed by atoms with Crippen molar-refractivity contribution in [1.29, 1.82) is 0 Å². The van der Waals surface area contributed by atoms with Gasteiger partial charge in [-0.1, -0.05) is 42.2 Å². The molecule has 1 fully saturated rings. The Labute approximate surface area is 152 Å². The zero-order chi connectivity index (χ0) is 17.4. The summed E-state index contributed by atoms with van der Waals surface area (Å²) in [6, 6.07) is 13.0. The maximum atomic E-state index is 11.8. The fourth-order valence-corrected chi connectivity index (χ4v) is 3.45. The number of nitrogens with zero attached hydrogens (tertiary/aromatic N) is 3. The van der Waals surface area contributed by atoms with Gasteiger partial charge in [-0.3, -0.25) is 4.79 Å². The number of amides is 1. The monoisotopic (exact) mass is 365 g/mol. The predicted octanol–water partition coefficient (Wildman–Crippen LogP) is 2.76. The number of nitrogens with one attached hydrogen (secondary N) is 1. The van der Waals surface area contributed by atoms with Crippen molar-refractivity contribution < 1.29 is 4.79 Å². The summed E-state index contributed by atoms with van der Waals surface area (Å²) < 4.78 is 0.442. The maximum Gasteiger partial charge on any atom is 0.263 e. The number of pyridine rings is 1. The van der Waals surface area contributed by atoms with Crippen molar-refractivity contribution in [2.45, 2.75) is 0 Å². The first-order valence-electron chi connectivity index (χ1n) is 7.35. The molecule has 0 bridgehead atoms. The predicted molar refractivity (Wildman–Crippen MR) is 103 cm³/mol. The average Bonchev–Trinajstić information content (AvgIpc) is 2.91. The number of nitrogens with two attached hydrogens (primary N) is 1. The Kier molecular flexibility index (Phi) is 3.90. The Balaban J connectivity index is 1.77. The van der Waals surface area contributed by atoms with Gasteiger partial charge in [0.2, 0.25) is 0 Å². The van der Waals surface area contributed by atoms with Gasteiger partial charge >= 0.3 is 0 Å². The molecule has 1 aliphatic rings. The molecule has 0 aliphatic carbocycles. The number of benzene rings is 1. The number of thioether (sulfide) groups is 1. The minimum absolute atomic E-state index is 0.216. The number of hydrogen-bond acceptors (Lipinski definition) is 7. The highest BCUT2D eigenvalue weighted by molar-refractivity contribution is 8.26. The van der Waals surface area contributed by atoms with Gasteiger partial charge in [-0.05, 0) is 30.3 Å². The van der Waals surface area contributed by atoms with E-state index in [4.69, 9.17) is 18.0 Å². The van der Waals surface area contributed by atoms with Crippen LogP contribution in [0, 0.1) is 0 Å². The van der Waals surface area contributed by atoms with Gasteiger partial charge < -0.3 is 11.1 Å². The third-order valence-corrected chi connectivity index (χ3v) is 4.69. The highest BCUT2D eigenvalue weighted by Crippen LogP contribution is 2.27. The fourth-order valence-electron chi connectivity index (χ4n) is 2.42. The van der Waals surface area contributed by atoms with Gasteiger partial charge in [-0.2, -0.15) is 0 Å². The van der Waals surface area contributed by atoms with E-state index in [-0.39, 0.29) is 5.91 Å². The minimum atomic E-state index is -0.216. The van der Waals surface area contributed by atoms with Crippen LogP contribution in [0.3, 0.4) is 0 Å². The van der Waals surface area contributed by atoms with Crippen molar-refractivity contribution >= 4 is 57.1 Å². The molecule has 0 radical (unpaired) electrons. The number of carbonyl (C=O) groups is 1. The van der Waals surface area contributed by atoms with Gasteiger partial charge in [0.05, 0.1) is 27.3 Å². The number of fused-ring (bicyclic) bond motifs is 1. The van der Waals surface area contributed by atoms with Crippen LogP contribution in [0.5, 0.6) is 0 Å². The lowest BCUT2D eigenvalue weighted by molar-refractivity contribution is -0.115. The van der Waals surface area contributed by atoms with Gasteiger partial charge in [0.15, 0.2) is 5.82 Å². The summed E-state index contributed by atoms with van der Waals surface area (Å²) in [6.07, 6.45) is 1.69. The summed E-state index contributed by atoms with van der Waals surface area (Å²) in [6.45, 7) is 0. The molecule has 3 heterocycles. The number of rotatable bonds is 2. The first-order valence-corrected chi connectivity index (χ1v) is 8.57. The van der Waals surface area contributed by atoms with Gasteiger partial charge in [-0.25, -0.2) is 15.0 Å². The zero-order valence-electron chi connectivity index (χ0n) is 12.8. The third-order valence-electron chi connectivity index (χ3n) is 3.53. The highest BCUT2D eigenvalue weighted by Gasteiger charge is 2.22. The molecule has 2 aromatic heterocycles. The molecular formula is C17H11N5OS2. The lowest BCUT2D eigenvalue weighted by Crippen LogP contribution is -2.17. The molecule has 6 nitrogen and oxygen atoms in total. The summed E-state index contributed by atoms with van der Waals surface area (Å²) in [4.78, 5) is 25.8. The standard InChI is InChI=1S/C17H11N5OS2/c18-15-14(20-10-5-1-2-6-11(10)21-15)12-7-3-4-9(19-12)8-13-16(23)22-17(24)25-13/h1-8H,(H2,18,21)(H,22,23,24)/b13-8-. The Bertz CT molecular complexity index is 1060. The topological polar surface area (TPSA) is 93.8 Å². The second-order valence-electron chi connectivity index (χ2n) is 5.25. The lowest BCUT2D eigenvalue weighted by Gasteiger charge is -2.06. The van der Waals surface area contributed by atoms with Crippen LogP contribution in [-0.2, 0) is 4.79 Å². The molecular weight excluding hydrogens is 354 g/mol. The van der Waals surface area contributed by atoms with E-state index in [2.05, 4.69) is 20.3 Å². The summed E-state index contributed by atoms with van der Waals surface area (Å²) in [7, 11) is 0. The summed E-state index contributed by atoms with van der Waals surface area (Å²) >= 11 is 6.20. The van der Waals surface area contributed by atoms with Crippen LogP contribution >= 0.6 is 24.0 Å². The van der Waals surface area contributed by atoms with Crippen LogP contribution < -0.4 is 11.1 Å². The van der Waals surface area contributed by atoms with Crippen LogP contribution in [0.2, 0.25) is 0 Å². The number of carbonyl (C=O) groups excluding carboxylic acids is 1. The average molecular weight is 365 g/mol. The van der Waals surface area contributed by atoms with Crippen LogP contribution in [0.1, 0.15) is 5.69 Å². The Hall–Kier alpha value is -2.84. The molecule has 1 saturated heterocycles. The number of thiocarbonyl (C=S) groups is 1. The quantitative estimate of drug-likeness (QED) is 0.533. The molecule has 4 rings (SSSR count). The second kappa shape index (κ2) is 6.23. The molecule has 1 amide bonds. The number of anilines is 1. The van der Waals surface area contributed by atoms with Crippen LogP contribution in [0.15, 0.2) is 47.4 Å². The molecule has 0 saturated carbocycles. The summed E-state index contributed by atoms with van der Waals surface area (Å²) in [5.74, 6) is 0.0948. The molecule has 0 unspecified atom stereocenters. The maximum absolute atomic E-state index is 11.8. The number of aromatic nitrogens is 3. The normalized spacial score (nSPS) is 15.8. The minimum Gasteiger partial charge on any atom is -0.382 e. The highest BCUT2D eigenvalue weighted by atomic mass is 32.2. The SMILES string of the molecule is Nc1nc2ccccc2nc1-c1cccc(/C=C2\SC(=S)NC2=O)n1. The smallest absolute Gasteiger partial charge is 0.263 e. The first kappa shape index (κ1) is 15.7. The van der Waals surface area contributed by atoms with Gasteiger partial charge in [-0.15, -0.1) is 0 Å². The molecule has 3 N–H and O–H groups in total. The van der Waals surface area contributed by atoms with E-state index in [9.17, 15) is 4.79 Å². The van der Waals surface area contributed by atoms with Crippen molar-refractivity contribution in [3.05, 3.63) is 53.1 Å². The van der Waals surface area contributed by atoms with Crippen LogP contribution in [0.4, 0.5) is 5.82 Å². The lowest BCUT2D eigenvalue weighted by atomic mass is 10.2. The van der Waals surface area contributed by atoms with Crippen molar-refractivity contribution in [1.82, 2.24) is 20.3 Å². The van der Waals surface area contributed by atoms with E-state index in [1.807, 2.05) is 36.4 Å². The molecule has 8 heteroatoms. The van der Waals surface area contributed by atoms with E-state index in [0.717, 1.165) is 11.0 Å². The van der Waals surface area contributed by atoms with Crippen molar-refractivity contribution in [2.24, 2.45) is 0 Å². The van der Waals surface area contributed by atoms with E-state index >= 15 is 0 Å². The number of para-hydroxylation sites is 2. The first-order chi connectivity index (χ1) is 12.1. The largest absolute Gasteiger partial charge is 0.382 e. The Morgan fingerprint density at radius 3 is 2.52 bits per heavy atom. The van der Waals surface area contributed by atoms with Gasteiger partial charge in [0.25, 0.3) is 5.91 Å². The van der Waals surface area contributed by atoms with E-state index in [0.29, 0.717) is 32.1 Å². The molecule has 0 spiro atoms. The van der Waals surface area contributed by atoms with Gasteiger partial charge in [0.1, 0.15) is 10.0 Å². The Morgan fingerprint density at radius 2 is 1.80 bits per heavy atom.